The van der Waals surface area contributed by atoms with Gasteiger partial charge in [0.25, 0.3) is 0 Å². The number of aliphatic hydroxyl groups excluding tert-OH is 1. The third kappa shape index (κ3) is 9.76. The molecule has 0 bridgehead atoms. The standard InChI is InChI=1S/C37H38O14/c1-21-30(47-23(3)39)27(46-22(2)38)19-29(45-21)44-20-28-31(49-34(40)24-13-7-4-8-14-24)32(50-35(41)25-15-9-5-10-16-25)33(37(43)48-28)51-36(42)26-17-11-6-12-18-26/h4-18,21,27-33,37,43H,19-20H2,1-3H3/t21-,27-,28-,29+,30-,31-,32+,33-,37+/m1/s1. The molecule has 2 fully saturated rings. The van der Waals surface area contributed by atoms with Crippen LogP contribution in [0.2, 0.25) is 0 Å². The molecule has 0 aliphatic carbocycles. The van der Waals surface area contributed by atoms with Crippen molar-refractivity contribution in [2.24, 2.45) is 0 Å². The lowest BCUT2D eigenvalue weighted by Gasteiger charge is -2.44. The molecule has 0 unspecified atom stereocenters. The summed E-state index contributed by atoms with van der Waals surface area (Å²) in [5.41, 5.74) is 0.425. The number of hydrogen-bond acceptors (Lipinski definition) is 14. The van der Waals surface area contributed by atoms with Gasteiger partial charge in [-0.1, -0.05) is 54.6 Å². The first kappa shape index (κ1) is 37.1. The first-order valence-corrected chi connectivity index (χ1v) is 16.2. The van der Waals surface area contributed by atoms with E-state index < -0.39 is 91.8 Å². The molecule has 0 saturated carbocycles. The lowest BCUT2D eigenvalue weighted by atomic mass is 9.97. The summed E-state index contributed by atoms with van der Waals surface area (Å²) in [5, 5.41) is 11.3. The van der Waals surface area contributed by atoms with Crippen LogP contribution in [0.1, 0.15) is 58.3 Å². The van der Waals surface area contributed by atoms with Gasteiger partial charge in [-0.15, -0.1) is 0 Å². The summed E-state index contributed by atoms with van der Waals surface area (Å²) < 4.78 is 46.0. The average Bonchev–Trinajstić information content (AvgIpc) is 3.12. The molecule has 0 amide bonds. The minimum absolute atomic E-state index is 0.0602. The summed E-state index contributed by atoms with van der Waals surface area (Å²) in [4.78, 5) is 63.7. The average molecular weight is 707 g/mol. The van der Waals surface area contributed by atoms with Gasteiger partial charge in [-0.3, -0.25) is 9.59 Å². The zero-order valence-electron chi connectivity index (χ0n) is 28.0. The van der Waals surface area contributed by atoms with Gasteiger partial charge >= 0.3 is 29.8 Å². The van der Waals surface area contributed by atoms with E-state index >= 15 is 0 Å². The third-order valence-electron chi connectivity index (χ3n) is 8.05. The predicted octanol–water partition coefficient (Wildman–Crippen LogP) is 3.40. The largest absolute Gasteiger partial charge is 0.458 e. The van der Waals surface area contributed by atoms with E-state index in [0.717, 1.165) is 0 Å². The second kappa shape index (κ2) is 17.2. The van der Waals surface area contributed by atoms with Gasteiger partial charge in [0.05, 0.1) is 29.4 Å². The second-order valence-corrected chi connectivity index (χ2v) is 11.8. The quantitative estimate of drug-likeness (QED) is 0.226. The van der Waals surface area contributed by atoms with Crippen molar-refractivity contribution in [3.05, 3.63) is 108 Å². The molecule has 5 rings (SSSR count). The van der Waals surface area contributed by atoms with Crippen LogP contribution >= 0.6 is 0 Å². The normalized spacial score (nSPS) is 27.3. The molecule has 2 saturated heterocycles. The van der Waals surface area contributed by atoms with Crippen LogP contribution in [0.25, 0.3) is 0 Å². The highest BCUT2D eigenvalue weighted by Crippen LogP contribution is 2.32. The van der Waals surface area contributed by atoms with Gasteiger partial charge in [-0.2, -0.15) is 0 Å². The Kier molecular flexibility index (Phi) is 12.5. The predicted molar refractivity (Wildman–Crippen MR) is 174 cm³/mol. The van der Waals surface area contributed by atoms with Crippen LogP contribution in [-0.2, 0) is 47.5 Å². The van der Waals surface area contributed by atoms with E-state index in [2.05, 4.69) is 0 Å². The number of rotatable bonds is 11. The van der Waals surface area contributed by atoms with Crippen molar-refractivity contribution in [2.75, 3.05) is 6.61 Å². The second-order valence-electron chi connectivity index (χ2n) is 11.8. The third-order valence-corrected chi connectivity index (χ3v) is 8.05. The molecule has 51 heavy (non-hydrogen) atoms. The number of aliphatic hydroxyl groups is 1. The number of benzene rings is 3. The maximum absolute atomic E-state index is 13.5. The fourth-order valence-electron chi connectivity index (χ4n) is 5.73. The monoisotopic (exact) mass is 706 g/mol. The highest BCUT2D eigenvalue weighted by molar-refractivity contribution is 5.91. The fourth-order valence-corrected chi connectivity index (χ4v) is 5.73. The van der Waals surface area contributed by atoms with E-state index in [1.165, 1.54) is 50.2 Å². The van der Waals surface area contributed by atoms with Crippen molar-refractivity contribution < 1.29 is 67.0 Å². The van der Waals surface area contributed by atoms with Crippen LogP contribution in [0, 0.1) is 0 Å². The Hall–Kier alpha value is -5.15. The van der Waals surface area contributed by atoms with Crippen molar-refractivity contribution in [1.82, 2.24) is 0 Å². The van der Waals surface area contributed by atoms with E-state index in [1.807, 2.05) is 0 Å². The summed E-state index contributed by atoms with van der Waals surface area (Å²) in [7, 11) is 0. The molecule has 14 heteroatoms. The molecule has 14 nitrogen and oxygen atoms in total. The van der Waals surface area contributed by atoms with Crippen LogP contribution in [0.3, 0.4) is 0 Å². The molecule has 3 aromatic rings. The Morgan fingerprint density at radius 3 is 1.53 bits per heavy atom. The van der Waals surface area contributed by atoms with Crippen molar-refractivity contribution in [2.45, 2.75) is 82.5 Å². The van der Waals surface area contributed by atoms with Crippen LogP contribution in [0.5, 0.6) is 0 Å². The van der Waals surface area contributed by atoms with Crippen molar-refractivity contribution in [1.29, 1.82) is 0 Å². The Bertz CT molecular complexity index is 1650. The van der Waals surface area contributed by atoms with E-state index in [0.29, 0.717) is 0 Å². The Morgan fingerprint density at radius 2 is 1.06 bits per heavy atom. The summed E-state index contributed by atoms with van der Waals surface area (Å²) in [6, 6.07) is 23.8. The number of carbonyl (C=O) groups is 5. The van der Waals surface area contributed by atoms with E-state index in [9.17, 15) is 29.1 Å². The first-order valence-electron chi connectivity index (χ1n) is 16.2. The van der Waals surface area contributed by atoms with Gasteiger partial charge < -0.3 is 43.0 Å². The minimum Gasteiger partial charge on any atom is -0.458 e. The minimum atomic E-state index is -1.89. The molecule has 2 heterocycles. The molecule has 270 valence electrons. The molecule has 1 N–H and O–H groups in total. The summed E-state index contributed by atoms with van der Waals surface area (Å²) in [6.07, 6.45) is -11.7. The summed E-state index contributed by atoms with van der Waals surface area (Å²) in [5.74, 6) is -3.77. The Morgan fingerprint density at radius 1 is 0.608 bits per heavy atom. The maximum atomic E-state index is 13.5. The van der Waals surface area contributed by atoms with Gasteiger partial charge in [0.2, 0.25) is 0 Å². The number of ether oxygens (including phenoxy) is 8. The number of carbonyl (C=O) groups excluding carboxylic acids is 5. The molecule has 0 aromatic heterocycles. The van der Waals surface area contributed by atoms with Crippen molar-refractivity contribution >= 4 is 29.8 Å². The number of esters is 5. The zero-order chi connectivity index (χ0) is 36.5. The molecular weight excluding hydrogens is 668 g/mol. The first-order chi connectivity index (χ1) is 24.5. The molecule has 9 atom stereocenters. The van der Waals surface area contributed by atoms with E-state index in [4.69, 9.17) is 37.9 Å². The number of hydrogen-bond donors (Lipinski definition) is 1. The Balaban J connectivity index is 1.44. The van der Waals surface area contributed by atoms with Crippen LogP contribution in [0.4, 0.5) is 0 Å². The van der Waals surface area contributed by atoms with E-state index in [-0.39, 0.29) is 23.1 Å². The maximum Gasteiger partial charge on any atom is 0.338 e. The fraction of sp³-hybridized carbons (Fsp3) is 0.378. The van der Waals surface area contributed by atoms with Crippen LogP contribution < -0.4 is 0 Å². The van der Waals surface area contributed by atoms with Crippen molar-refractivity contribution in [3.63, 3.8) is 0 Å². The molecule has 0 spiro atoms. The van der Waals surface area contributed by atoms with Crippen LogP contribution in [0.15, 0.2) is 91.0 Å². The highest BCUT2D eigenvalue weighted by atomic mass is 16.7. The molecular formula is C37H38O14. The van der Waals surface area contributed by atoms with Gasteiger partial charge in [0, 0.05) is 20.3 Å². The van der Waals surface area contributed by atoms with E-state index in [1.54, 1.807) is 61.5 Å². The lowest BCUT2D eigenvalue weighted by molar-refractivity contribution is -0.304. The summed E-state index contributed by atoms with van der Waals surface area (Å²) in [6.45, 7) is 3.61. The van der Waals surface area contributed by atoms with Gasteiger partial charge in [0.15, 0.2) is 37.0 Å². The summed E-state index contributed by atoms with van der Waals surface area (Å²) >= 11 is 0. The van der Waals surface area contributed by atoms with Gasteiger partial charge in [-0.05, 0) is 43.3 Å². The highest BCUT2D eigenvalue weighted by Gasteiger charge is 2.53. The van der Waals surface area contributed by atoms with Crippen LogP contribution in [-0.4, -0.2) is 96.9 Å². The zero-order valence-corrected chi connectivity index (χ0v) is 28.0. The Labute approximate surface area is 293 Å². The van der Waals surface area contributed by atoms with Crippen molar-refractivity contribution in [3.8, 4) is 0 Å². The molecule has 3 aromatic carbocycles. The topological polar surface area (TPSA) is 179 Å². The SMILES string of the molecule is CC(=O)O[C@@H]1[C@@H](C)O[C@H](OC[C@H]2O[C@H](O)[C@H](OC(=O)c3ccccc3)[C@@H](OC(=O)c3ccccc3)[C@@H]2OC(=O)c2ccccc2)C[C@H]1OC(C)=O. The molecule has 2 aliphatic rings. The molecule has 2 aliphatic heterocycles. The smallest absolute Gasteiger partial charge is 0.338 e. The van der Waals surface area contributed by atoms with Gasteiger partial charge in [-0.25, -0.2) is 14.4 Å². The molecule has 0 radical (unpaired) electrons. The lowest BCUT2D eigenvalue weighted by Crippen LogP contribution is -2.62. The van der Waals surface area contributed by atoms with Gasteiger partial charge in [0.1, 0.15) is 12.2 Å².